The first kappa shape index (κ1) is 19.4. The molecule has 0 unspecified atom stereocenters. The number of carbonyl (C=O) groups excluding carboxylic acids is 2. The number of hydrogen-bond acceptors (Lipinski definition) is 4. The fraction of sp³-hybridized carbons (Fsp3) is 0.300. The zero-order chi connectivity index (χ0) is 19.3. The van der Waals surface area contributed by atoms with Crippen molar-refractivity contribution in [1.82, 2.24) is 0 Å². The summed E-state index contributed by atoms with van der Waals surface area (Å²) in [5.41, 5.74) is 4.15. The number of benzene rings is 2. The lowest BCUT2D eigenvalue weighted by atomic mass is 10.1. The van der Waals surface area contributed by atoms with Crippen molar-refractivity contribution in [3.63, 3.8) is 0 Å². The molecule has 26 heavy (non-hydrogen) atoms. The van der Waals surface area contributed by atoms with Gasteiger partial charge < -0.3 is 14.8 Å². The Morgan fingerprint density at radius 2 is 1.73 bits per heavy atom. The van der Waals surface area contributed by atoms with E-state index in [1.807, 2.05) is 32.9 Å². The van der Waals surface area contributed by atoms with Crippen molar-refractivity contribution in [2.45, 2.75) is 27.2 Å². The van der Waals surface area contributed by atoms with Gasteiger partial charge in [-0.15, -0.1) is 0 Å². The topological polar surface area (TPSA) is 64.6 Å². The van der Waals surface area contributed by atoms with Crippen molar-refractivity contribution in [1.29, 1.82) is 0 Å². The van der Waals surface area contributed by atoms with Gasteiger partial charge in [0.2, 0.25) is 0 Å². The highest BCUT2D eigenvalue weighted by Gasteiger charge is 2.13. The summed E-state index contributed by atoms with van der Waals surface area (Å²) in [6, 6.07) is 8.15. The Bertz CT molecular complexity index is 810. The molecule has 0 saturated carbocycles. The van der Waals surface area contributed by atoms with E-state index < -0.39 is 24.3 Å². The Morgan fingerprint density at radius 3 is 2.31 bits per heavy atom. The Morgan fingerprint density at radius 1 is 1.08 bits per heavy atom. The van der Waals surface area contributed by atoms with Gasteiger partial charge in [0.15, 0.2) is 18.2 Å². The van der Waals surface area contributed by atoms with Crippen molar-refractivity contribution in [2.75, 3.05) is 19.0 Å². The average molecular weight is 359 g/mol. The van der Waals surface area contributed by atoms with E-state index in [1.165, 1.54) is 19.2 Å². The van der Waals surface area contributed by atoms with Gasteiger partial charge in [-0.1, -0.05) is 23.8 Å². The second-order valence-electron chi connectivity index (χ2n) is 6.13. The number of amides is 1. The highest BCUT2D eigenvalue weighted by atomic mass is 19.1. The number of nitrogens with one attached hydrogen (secondary N) is 1. The van der Waals surface area contributed by atoms with E-state index in [4.69, 9.17) is 9.47 Å². The summed E-state index contributed by atoms with van der Waals surface area (Å²) >= 11 is 0. The van der Waals surface area contributed by atoms with Crippen LogP contribution in [0, 0.1) is 26.6 Å². The highest BCUT2D eigenvalue weighted by Crippen LogP contribution is 2.22. The molecule has 0 fully saturated rings. The van der Waals surface area contributed by atoms with Crippen LogP contribution in [-0.2, 0) is 20.7 Å². The van der Waals surface area contributed by atoms with Gasteiger partial charge in [-0.3, -0.25) is 9.59 Å². The smallest absolute Gasteiger partial charge is 0.310 e. The first-order valence-corrected chi connectivity index (χ1v) is 8.16. The lowest BCUT2D eigenvalue weighted by molar-refractivity contribution is -0.146. The Kier molecular flexibility index (Phi) is 6.33. The summed E-state index contributed by atoms with van der Waals surface area (Å²) in [5, 5.41) is 2.76. The Labute approximate surface area is 152 Å². The van der Waals surface area contributed by atoms with Crippen LogP contribution in [0.4, 0.5) is 10.1 Å². The van der Waals surface area contributed by atoms with Gasteiger partial charge in [-0.2, -0.15) is 0 Å². The first-order valence-electron chi connectivity index (χ1n) is 8.16. The molecular formula is C20H22FNO4. The molecule has 138 valence electrons. The largest absolute Gasteiger partial charge is 0.494 e. The fourth-order valence-electron chi connectivity index (χ4n) is 2.74. The molecule has 2 rings (SSSR count). The molecule has 0 radical (unpaired) electrons. The van der Waals surface area contributed by atoms with Crippen molar-refractivity contribution >= 4 is 17.6 Å². The number of aryl methyl sites for hydroxylation is 3. The first-order chi connectivity index (χ1) is 12.3. The molecule has 1 amide bonds. The van der Waals surface area contributed by atoms with Crippen LogP contribution in [0.15, 0.2) is 30.3 Å². The van der Waals surface area contributed by atoms with Gasteiger partial charge in [0.1, 0.15) is 0 Å². The van der Waals surface area contributed by atoms with Crippen LogP contribution in [0.1, 0.15) is 22.3 Å². The number of anilines is 1. The number of hydrogen-bond donors (Lipinski definition) is 1. The molecule has 2 aromatic carbocycles. The van der Waals surface area contributed by atoms with Gasteiger partial charge in [0.25, 0.3) is 5.91 Å². The number of esters is 1. The third-order valence-corrected chi connectivity index (χ3v) is 3.87. The van der Waals surface area contributed by atoms with Crippen LogP contribution < -0.4 is 10.1 Å². The molecule has 0 saturated heterocycles. The third-order valence-electron chi connectivity index (χ3n) is 3.87. The van der Waals surface area contributed by atoms with Crippen LogP contribution in [0.2, 0.25) is 0 Å². The normalized spacial score (nSPS) is 10.3. The van der Waals surface area contributed by atoms with Gasteiger partial charge in [0.05, 0.1) is 13.5 Å². The summed E-state index contributed by atoms with van der Waals surface area (Å²) in [5.74, 6) is -1.48. The van der Waals surface area contributed by atoms with Gasteiger partial charge in [0, 0.05) is 5.69 Å². The zero-order valence-corrected chi connectivity index (χ0v) is 15.3. The number of rotatable bonds is 6. The minimum Gasteiger partial charge on any atom is -0.494 e. The lowest BCUT2D eigenvalue weighted by Gasteiger charge is -2.13. The molecule has 0 atom stereocenters. The molecule has 0 aliphatic heterocycles. The SMILES string of the molecule is COc1ccc(CC(=O)OCC(=O)Nc2c(C)cc(C)cc2C)cc1F. The fourth-order valence-corrected chi connectivity index (χ4v) is 2.74. The minimum atomic E-state index is -0.609. The van der Waals surface area contributed by atoms with Crippen LogP contribution >= 0.6 is 0 Å². The third kappa shape index (κ3) is 5.05. The summed E-state index contributed by atoms with van der Waals surface area (Å²) in [6.45, 7) is 5.39. The number of ether oxygens (including phenoxy) is 2. The van der Waals surface area contributed by atoms with Crippen LogP contribution in [0.5, 0.6) is 5.75 Å². The predicted octanol–water partition coefficient (Wildman–Crippen LogP) is 3.48. The van der Waals surface area contributed by atoms with Crippen molar-refractivity contribution in [2.24, 2.45) is 0 Å². The van der Waals surface area contributed by atoms with Crippen molar-refractivity contribution in [3.8, 4) is 5.75 Å². The zero-order valence-electron chi connectivity index (χ0n) is 15.3. The van der Waals surface area contributed by atoms with Crippen molar-refractivity contribution in [3.05, 3.63) is 58.4 Å². The van der Waals surface area contributed by atoms with E-state index in [0.29, 0.717) is 11.3 Å². The molecule has 2 aromatic rings. The second-order valence-corrected chi connectivity index (χ2v) is 6.13. The molecule has 0 heterocycles. The molecule has 0 aliphatic carbocycles. The van der Waals surface area contributed by atoms with Crippen LogP contribution in [0.25, 0.3) is 0 Å². The van der Waals surface area contributed by atoms with Crippen LogP contribution in [0.3, 0.4) is 0 Å². The Balaban J connectivity index is 1.89. The monoisotopic (exact) mass is 359 g/mol. The average Bonchev–Trinajstić information content (AvgIpc) is 2.56. The lowest BCUT2D eigenvalue weighted by Crippen LogP contribution is -2.22. The molecule has 1 N–H and O–H groups in total. The quantitative estimate of drug-likeness (QED) is 0.802. The van der Waals surface area contributed by atoms with Gasteiger partial charge in [-0.25, -0.2) is 4.39 Å². The maximum atomic E-state index is 13.6. The molecule has 0 aromatic heterocycles. The van der Waals surface area contributed by atoms with E-state index in [-0.39, 0.29) is 12.2 Å². The van der Waals surface area contributed by atoms with Gasteiger partial charge >= 0.3 is 5.97 Å². The minimum absolute atomic E-state index is 0.102. The molecule has 6 heteroatoms. The predicted molar refractivity (Wildman–Crippen MR) is 96.9 cm³/mol. The summed E-state index contributed by atoms with van der Waals surface area (Å²) < 4.78 is 23.4. The number of carbonyl (C=O) groups is 2. The number of methoxy groups -OCH3 is 1. The standard InChI is InChI=1S/C20H22FNO4/c1-12-7-13(2)20(14(3)8-12)22-18(23)11-26-19(24)10-15-5-6-17(25-4)16(21)9-15/h5-9H,10-11H2,1-4H3,(H,22,23). The van der Waals surface area contributed by atoms with E-state index >= 15 is 0 Å². The molecule has 0 spiro atoms. The summed E-state index contributed by atoms with van der Waals surface area (Å²) in [6.07, 6.45) is -0.128. The van der Waals surface area contributed by atoms with E-state index in [0.717, 1.165) is 16.7 Å². The van der Waals surface area contributed by atoms with Crippen molar-refractivity contribution < 1.29 is 23.5 Å². The van der Waals surface area contributed by atoms with Gasteiger partial charge in [-0.05, 0) is 49.6 Å². The molecule has 0 bridgehead atoms. The highest BCUT2D eigenvalue weighted by molar-refractivity contribution is 5.94. The maximum absolute atomic E-state index is 13.6. The van der Waals surface area contributed by atoms with E-state index in [9.17, 15) is 14.0 Å². The van der Waals surface area contributed by atoms with Crippen LogP contribution in [-0.4, -0.2) is 25.6 Å². The second kappa shape index (κ2) is 8.47. The molecule has 0 aliphatic rings. The number of halogens is 1. The molecular weight excluding hydrogens is 337 g/mol. The maximum Gasteiger partial charge on any atom is 0.310 e. The Hall–Kier alpha value is -2.89. The van der Waals surface area contributed by atoms with E-state index in [2.05, 4.69) is 5.32 Å². The summed E-state index contributed by atoms with van der Waals surface area (Å²) in [4.78, 5) is 23.9. The van der Waals surface area contributed by atoms with E-state index in [1.54, 1.807) is 6.07 Å². The molecule has 5 nitrogen and oxygen atoms in total. The summed E-state index contributed by atoms with van der Waals surface area (Å²) in [7, 11) is 1.36.